The van der Waals surface area contributed by atoms with E-state index in [0.717, 1.165) is 37.2 Å². The van der Waals surface area contributed by atoms with Gasteiger partial charge in [0, 0.05) is 6.54 Å². The van der Waals surface area contributed by atoms with E-state index in [2.05, 4.69) is 24.3 Å². The van der Waals surface area contributed by atoms with Crippen molar-refractivity contribution in [3.8, 4) is 0 Å². The molecule has 21 heavy (non-hydrogen) atoms. The van der Waals surface area contributed by atoms with Crippen LogP contribution in [0.5, 0.6) is 0 Å². The van der Waals surface area contributed by atoms with Gasteiger partial charge in [-0.2, -0.15) is 5.10 Å². The van der Waals surface area contributed by atoms with Crippen LogP contribution in [-0.2, 0) is 13.0 Å². The second-order valence-electron chi connectivity index (χ2n) is 5.04. The van der Waals surface area contributed by atoms with Crippen LogP contribution in [0.15, 0.2) is 30.5 Å². The van der Waals surface area contributed by atoms with E-state index >= 15 is 0 Å². The lowest BCUT2D eigenvalue weighted by Crippen LogP contribution is -2.26. The van der Waals surface area contributed by atoms with E-state index in [0.29, 0.717) is 5.02 Å². The van der Waals surface area contributed by atoms with Crippen LogP contribution in [0.2, 0.25) is 5.02 Å². The summed E-state index contributed by atoms with van der Waals surface area (Å²) >= 11 is 6.32. The Morgan fingerprint density at radius 3 is 2.62 bits per heavy atom. The van der Waals surface area contributed by atoms with Crippen molar-refractivity contribution in [1.29, 1.82) is 0 Å². The van der Waals surface area contributed by atoms with E-state index < -0.39 is 0 Å². The monoisotopic (exact) mass is 309 g/mol. The average molecular weight is 310 g/mol. The van der Waals surface area contributed by atoms with Gasteiger partial charge in [-0.1, -0.05) is 37.6 Å². The van der Waals surface area contributed by atoms with Gasteiger partial charge < -0.3 is 5.32 Å². The lowest BCUT2D eigenvalue weighted by molar-refractivity contribution is 0.478. The Balaban J connectivity index is 2.26. The van der Waals surface area contributed by atoms with Crippen LogP contribution in [0.1, 0.15) is 37.6 Å². The first-order valence-corrected chi connectivity index (χ1v) is 7.72. The highest BCUT2D eigenvalue weighted by atomic mass is 35.5. The molecular weight excluding hydrogens is 289 g/mol. The minimum absolute atomic E-state index is 0.0713. The van der Waals surface area contributed by atoms with Gasteiger partial charge in [0.15, 0.2) is 0 Å². The predicted molar refractivity (Wildman–Crippen MR) is 84.0 cm³/mol. The largest absolute Gasteiger partial charge is 0.309 e. The Bertz CT molecular complexity index is 565. The summed E-state index contributed by atoms with van der Waals surface area (Å²) in [5.41, 5.74) is 2.08. The zero-order valence-corrected chi connectivity index (χ0v) is 13.2. The molecule has 0 aliphatic carbocycles. The molecule has 1 aromatic heterocycles. The second kappa shape index (κ2) is 7.57. The molecule has 0 radical (unpaired) electrons. The summed E-state index contributed by atoms with van der Waals surface area (Å²) in [7, 11) is 0. The van der Waals surface area contributed by atoms with Crippen molar-refractivity contribution in [3.05, 3.63) is 52.6 Å². The number of benzene rings is 1. The lowest BCUT2D eigenvalue weighted by Gasteiger charge is -2.20. The highest BCUT2D eigenvalue weighted by molar-refractivity contribution is 6.31. The van der Waals surface area contributed by atoms with Crippen molar-refractivity contribution in [2.45, 2.75) is 39.3 Å². The first kappa shape index (κ1) is 16.0. The number of aromatic nitrogens is 2. The fourth-order valence-electron chi connectivity index (χ4n) is 2.48. The number of nitrogens with zero attached hydrogens (tertiary/aromatic N) is 2. The molecule has 1 atom stereocenters. The van der Waals surface area contributed by atoms with Crippen molar-refractivity contribution < 1.29 is 4.39 Å². The molecule has 0 aliphatic rings. The fraction of sp³-hybridized carbons (Fsp3) is 0.438. The van der Waals surface area contributed by atoms with Gasteiger partial charge in [-0.05, 0) is 37.1 Å². The van der Waals surface area contributed by atoms with Gasteiger partial charge in [-0.3, -0.25) is 4.68 Å². The number of hydrogen-bond acceptors (Lipinski definition) is 2. The summed E-state index contributed by atoms with van der Waals surface area (Å²) in [6, 6.07) is 6.68. The molecule has 0 saturated heterocycles. The van der Waals surface area contributed by atoms with Gasteiger partial charge in [0.05, 0.1) is 23.0 Å². The molecule has 3 nitrogen and oxygen atoms in total. The molecule has 114 valence electrons. The molecule has 0 aliphatic heterocycles. The standard InChI is InChI=1S/C16H21ClFN3/c1-3-9-21-16(14(17)11-20-21)15(19-4-2)10-12-5-7-13(18)8-6-12/h5-8,11,15,19H,3-4,9-10H2,1-2H3. The SMILES string of the molecule is CCCn1ncc(Cl)c1C(Cc1ccc(F)cc1)NCC. The smallest absolute Gasteiger partial charge is 0.123 e. The van der Waals surface area contributed by atoms with Crippen LogP contribution in [-0.4, -0.2) is 16.3 Å². The van der Waals surface area contributed by atoms with E-state index in [-0.39, 0.29) is 11.9 Å². The van der Waals surface area contributed by atoms with Crippen molar-refractivity contribution in [3.63, 3.8) is 0 Å². The highest BCUT2D eigenvalue weighted by Gasteiger charge is 2.20. The van der Waals surface area contributed by atoms with E-state index in [1.165, 1.54) is 12.1 Å². The zero-order valence-electron chi connectivity index (χ0n) is 12.4. The van der Waals surface area contributed by atoms with Crippen LogP contribution < -0.4 is 5.32 Å². The molecular formula is C16H21ClFN3. The van der Waals surface area contributed by atoms with Gasteiger partial charge in [0.1, 0.15) is 5.82 Å². The Kier molecular flexibility index (Phi) is 5.76. The van der Waals surface area contributed by atoms with Crippen LogP contribution in [0.25, 0.3) is 0 Å². The fourth-order valence-corrected chi connectivity index (χ4v) is 2.75. The molecule has 0 amide bonds. The summed E-state index contributed by atoms with van der Waals surface area (Å²) in [6.45, 7) is 5.85. The summed E-state index contributed by atoms with van der Waals surface area (Å²) in [5.74, 6) is -0.215. The third kappa shape index (κ3) is 4.05. The lowest BCUT2D eigenvalue weighted by atomic mass is 10.0. The quantitative estimate of drug-likeness (QED) is 0.838. The molecule has 5 heteroatoms. The minimum Gasteiger partial charge on any atom is -0.309 e. The summed E-state index contributed by atoms with van der Waals surface area (Å²) in [5, 5.41) is 8.48. The van der Waals surface area contributed by atoms with Gasteiger partial charge in [-0.15, -0.1) is 0 Å². The maximum absolute atomic E-state index is 13.0. The van der Waals surface area contributed by atoms with Gasteiger partial charge in [0.2, 0.25) is 0 Å². The minimum atomic E-state index is -0.215. The van der Waals surface area contributed by atoms with Crippen LogP contribution in [0, 0.1) is 5.82 Å². The number of aryl methyl sites for hydroxylation is 1. The number of rotatable bonds is 7. The Hall–Kier alpha value is -1.39. The number of likely N-dealkylation sites (N-methyl/N-ethyl adjacent to an activating group) is 1. The Labute approximate surface area is 130 Å². The Morgan fingerprint density at radius 2 is 2.00 bits per heavy atom. The second-order valence-corrected chi connectivity index (χ2v) is 5.45. The number of hydrogen-bond donors (Lipinski definition) is 1. The number of halogens is 2. The zero-order chi connectivity index (χ0) is 15.2. The van der Waals surface area contributed by atoms with Crippen LogP contribution in [0.3, 0.4) is 0 Å². The van der Waals surface area contributed by atoms with Gasteiger partial charge in [-0.25, -0.2) is 4.39 Å². The predicted octanol–water partition coefficient (Wildman–Crippen LogP) is 3.98. The molecule has 1 unspecified atom stereocenters. The summed E-state index contributed by atoms with van der Waals surface area (Å²) in [6.07, 6.45) is 3.45. The van der Waals surface area contributed by atoms with E-state index in [1.807, 2.05) is 16.8 Å². The highest BCUT2D eigenvalue weighted by Crippen LogP contribution is 2.26. The van der Waals surface area contributed by atoms with E-state index in [9.17, 15) is 4.39 Å². The van der Waals surface area contributed by atoms with E-state index in [1.54, 1.807) is 6.20 Å². The Morgan fingerprint density at radius 1 is 1.29 bits per heavy atom. The third-order valence-corrected chi connectivity index (χ3v) is 3.69. The number of nitrogens with one attached hydrogen (secondary N) is 1. The normalized spacial score (nSPS) is 12.6. The molecule has 0 bridgehead atoms. The van der Waals surface area contributed by atoms with Gasteiger partial charge >= 0.3 is 0 Å². The van der Waals surface area contributed by atoms with Gasteiger partial charge in [0.25, 0.3) is 0 Å². The molecule has 0 saturated carbocycles. The van der Waals surface area contributed by atoms with E-state index in [4.69, 9.17) is 11.6 Å². The summed E-state index contributed by atoms with van der Waals surface area (Å²) < 4.78 is 15.0. The maximum atomic E-state index is 13.0. The molecule has 2 aromatic rings. The average Bonchev–Trinajstić information content (AvgIpc) is 2.82. The molecule has 0 spiro atoms. The third-order valence-electron chi connectivity index (χ3n) is 3.40. The van der Waals surface area contributed by atoms with Crippen molar-refractivity contribution in [2.24, 2.45) is 0 Å². The topological polar surface area (TPSA) is 29.9 Å². The van der Waals surface area contributed by atoms with Crippen LogP contribution in [0.4, 0.5) is 4.39 Å². The maximum Gasteiger partial charge on any atom is 0.123 e. The molecule has 1 heterocycles. The van der Waals surface area contributed by atoms with Crippen molar-refractivity contribution >= 4 is 11.6 Å². The molecule has 1 N–H and O–H groups in total. The first-order valence-electron chi connectivity index (χ1n) is 7.34. The van der Waals surface area contributed by atoms with Crippen molar-refractivity contribution in [2.75, 3.05) is 6.54 Å². The van der Waals surface area contributed by atoms with Crippen molar-refractivity contribution in [1.82, 2.24) is 15.1 Å². The summed E-state index contributed by atoms with van der Waals surface area (Å²) in [4.78, 5) is 0. The molecule has 2 rings (SSSR count). The van der Waals surface area contributed by atoms with Crippen LogP contribution >= 0.6 is 11.6 Å². The first-order chi connectivity index (χ1) is 10.2. The molecule has 1 aromatic carbocycles. The molecule has 0 fully saturated rings.